The lowest BCUT2D eigenvalue weighted by Gasteiger charge is -2.23. The molecular weight excluding hydrogens is 533 g/mol. The van der Waals surface area contributed by atoms with E-state index in [1.54, 1.807) is 31.3 Å². The first-order valence-electron chi connectivity index (χ1n) is 12.3. The third-order valence-corrected chi connectivity index (χ3v) is 7.70. The summed E-state index contributed by atoms with van der Waals surface area (Å²) in [6.07, 6.45) is 1.17. The lowest BCUT2D eigenvalue weighted by molar-refractivity contribution is 0.0315. The highest BCUT2D eigenvalue weighted by atomic mass is 32.1. The summed E-state index contributed by atoms with van der Waals surface area (Å²) in [4.78, 5) is 26.2. The van der Waals surface area contributed by atoms with Gasteiger partial charge >= 0.3 is 6.09 Å². The second-order valence-electron chi connectivity index (χ2n) is 9.75. The van der Waals surface area contributed by atoms with E-state index in [1.807, 2.05) is 25.1 Å². The predicted octanol–water partition coefficient (Wildman–Crippen LogP) is 6.18. The van der Waals surface area contributed by atoms with Crippen LogP contribution in [0.4, 0.5) is 14.9 Å². The van der Waals surface area contributed by atoms with Crippen molar-refractivity contribution < 1.29 is 23.4 Å². The lowest BCUT2D eigenvalue weighted by Crippen LogP contribution is -2.37. The van der Waals surface area contributed by atoms with Gasteiger partial charge in [0.15, 0.2) is 11.6 Å². The summed E-state index contributed by atoms with van der Waals surface area (Å²) in [5.41, 5.74) is 4.17. The molecule has 40 heavy (non-hydrogen) atoms. The summed E-state index contributed by atoms with van der Waals surface area (Å²) in [6.45, 7) is 3.61. The third kappa shape index (κ3) is 4.63. The van der Waals surface area contributed by atoms with Crippen molar-refractivity contribution in [2.75, 3.05) is 19.0 Å². The molecule has 0 saturated heterocycles. The van der Waals surface area contributed by atoms with Crippen LogP contribution in [-0.2, 0) is 11.2 Å². The van der Waals surface area contributed by atoms with E-state index in [0.29, 0.717) is 50.7 Å². The second-order valence-corrected chi connectivity index (χ2v) is 10.7. The number of thiazole rings is 1. The number of nitrogens with zero attached hydrogens (tertiary/aromatic N) is 4. The van der Waals surface area contributed by atoms with Gasteiger partial charge in [0.1, 0.15) is 17.2 Å². The molecule has 3 aromatic carbocycles. The average Bonchev–Trinajstić information content (AvgIpc) is 3.53. The van der Waals surface area contributed by atoms with Gasteiger partial charge in [-0.1, -0.05) is 6.07 Å². The summed E-state index contributed by atoms with van der Waals surface area (Å²) < 4.78 is 32.7. The van der Waals surface area contributed by atoms with Crippen LogP contribution < -0.4 is 14.8 Å². The van der Waals surface area contributed by atoms with E-state index in [9.17, 15) is 4.79 Å². The molecule has 1 aliphatic rings. The Labute approximate surface area is 232 Å². The number of aromatic nitrogens is 3. The van der Waals surface area contributed by atoms with Gasteiger partial charge in [0.05, 0.1) is 46.2 Å². The van der Waals surface area contributed by atoms with Crippen LogP contribution in [0.1, 0.15) is 23.6 Å². The van der Waals surface area contributed by atoms with Crippen LogP contribution in [0.25, 0.3) is 31.8 Å². The Morgan fingerprint density at radius 2 is 2.10 bits per heavy atom. The number of fused-ring (bicyclic) bond motifs is 4. The van der Waals surface area contributed by atoms with E-state index in [-0.39, 0.29) is 12.4 Å². The number of rotatable bonds is 5. The second kappa shape index (κ2) is 9.73. The Morgan fingerprint density at radius 3 is 2.90 bits per heavy atom. The van der Waals surface area contributed by atoms with E-state index < -0.39 is 17.5 Å². The lowest BCUT2D eigenvalue weighted by atomic mass is 10.00. The minimum absolute atomic E-state index is 0.113. The first kappa shape index (κ1) is 25.5. The summed E-state index contributed by atoms with van der Waals surface area (Å²) in [5, 5.41) is 12.3. The predicted molar refractivity (Wildman–Crippen MR) is 148 cm³/mol. The van der Waals surface area contributed by atoms with Crippen molar-refractivity contribution in [3.8, 4) is 28.3 Å². The number of benzene rings is 3. The molecule has 0 aliphatic carbocycles. The summed E-state index contributed by atoms with van der Waals surface area (Å²) in [7, 11) is 1.54. The molecule has 0 unspecified atom stereocenters. The van der Waals surface area contributed by atoms with E-state index in [2.05, 4.69) is 15.3 Å². The zero-order valence-corrected chi connectivity index (χ0v) is 22.6. The van der Waals surface area contributed by atoms with Crippen molar-refractivity contribution in [1.29, 1.82) is 5.26 Å². The molecule has 3 heterocycles. The summed E-state index contributed by atoms with van der Waals surface area (Å²) in [6, 6.07) is 13.8. The zero-order valence-electron chi connectivity index (χ0n) is 21.7. The Morgan fingerprint density at radius 1 is 1.25 bits per heavy atom. The molecule has 200 valence electrons. The molecule has 1 N–H and O–H groups in total. The van der Waals surface area contributed by atoms with Crippen molar-refractivity contribution in [3.05, 3.63) is 71.2 Å². The highest BCUT2D eigenvalue weighted by Crippen LogP contribution is 2.45. The maximum atomic E-state index is 15.2. The SMILES string of the molecule is COc1cnc2c(-c3nc4cc(F)c5c(c4s3)C[C@@](C)(COC(=O)Nc3cccc(C#N)c3)O5)cc(C)cc2n1. The zero-order chi connectivity index (χ0) is 28.0. The van der Waals surface area contributed by atoms with Crippen molar-refractivity contribution in [2.24, 2.45) is 0 Å². The van der Waals surface area contributed by atoms with Crippen molar-refractivity contribution in [1.82, 2.24) is 15.0 Å². The molecule has 1 aliphatic heterocycles. The van der Waals surface area contributed by atoms with E-state index in [1.165, 1.54) is 30.6 Å². The van der Waals surface area contributed by atoms with Crippen molar-refractivity contribution in [2.45, 2.75) is 25.9 Å². The summed E-state index contributed by atoms with van der Waals surface area (Å²) in [5.74, 6) is 0.0188. The first-order valence-corrected chi connectivity index (χ1v) is 13.1. The van der Waals surface area contributed by atoms with Crippen LogP contribution in [0.5, 0.6) is 11.6 Å². The standard InChI is InChI=1S/C29H22FN5O4S/c1-15-7-18(24-21(8-15)34-23(37-3)13-32-24)27-35-22-10-20(30)25-19(26(22)40-27)11-29(2,39-25)14-38-28(36)33-17-6-4-5-16(9-17)12-31/h4-10,13H,11,14H2,1-3H3,(H,33,36)/t29-/m0/s1. The number of halogens is 1. The van der Waals surface area contributed by atoms with Gasteiger partial charge in [-0.3, -0.25) is 5.32 Å². The van der Waals surface area contributed by atoms with Crippen molar-refractivity contribution >= 4 is 44.4 Å². The highest BCUT2D eigenvalue weighted by molar-refractivity contribution is 7.22. The molecule has 11 heteroatoms. The molecule has 0 spiro atoms. The normalized spacial score (nSPS) is 15.9. The molecule has 0 fully saturated rings. The number of nitrogens with one attached hydrogen (secondary N) is 1. The smallest absolute Gasteiger partial charge is 0.411 e. The van der Waals surface area contributed by atoms with Crippen LogP contribution in [0, 0.1) is 24.1 Å². The number of anilines is 1. The number of nitriles is 1. The van der Waals surface area contributed by atoms with Gasteiger partial charge in [0.2, 0.25) is 5.88 Å². The fourth-order valence-corrected chi connectivity index (χ4v) is 5.85. The van der Waals surface area contributed by atoms with Gasteiger partial charge in [-0.05, 0) is 49.7 Å². The van der Waals surface area contributed by atoms with Gasteiger partial charge in [0, 0.05) is 29.3 Å². The molecule has 9 nitrogen and oxygen atoms in total. The third-order valence-electron chi connectivity index (χ3n) is 6.54. The molecule has 1 amide bonds. The Kier molecular flexibility index (Phi) is 6.19. The van der Waals surface area contributed by atoms with Crippen molar-refractivity contribution in [3.63, 3.8) is 0 Å². The largest absolute Gasteiger partial charge is 0.480 e. The number of hydrogen-bond donors (Lipinski definition) is 1. The van der Waals surface area contributed by atoms with Crippen LogP contribution >= 0.6 is 11.3 Å². The van der Waals surface area contributed by atoms with E-state index in [0.717, 1.165) is 15.8 Å². The van der Waals surface area contributed by atoms with Gasteiger partial charge in [-0.2, -0.15) is 5.26 Å². The highest BCUT2D eigenvalue weighted by Gasteiger charge is 2.40. The molecular formula is C29H22FN5O4S. The molecule has 2 aromatic heterocycles. The van der Waals surface area contributed by atoms with Crippen LogP contribution in [-0.4, -0.2) is 40.4 Å². The number of carbonyl (C=O) groups is 1. The van der Waals surface area contributed by atoms with Gasteiger partial charge in [-0.15, -0.1) is 11.3 Å². The minimum atomic E-state index is -0.981. The number of methoxy groups -OCH3 is 1. The number of amides is 1. The van der Waals surface area contributed by atoms with Crippen LogP contribution in [0.3, 0.4) is 0 Å². The summed E-state index contributed by atoms with van der Waals surface area (Å²) >= 11 is 1.43. The molecule has 6 rings (SSSR count). The molecule has 0 saturated carbocycles. The maximum Gasteiger partial charge on any atom is 0.411 e. The Bertz CT molecular complexity index is 1870. The molecule has 0 radical (unpaired) electrons. The number of aryl methyl sites for hydroxylation is 1. The van der Waals surface area contributed by atoms with E-state index >= 15 is 4.39 Å². The fraction of sp³-hybridized carbons (Fsp3) is 0.207. The Hall–Kier alpha value is -4.82. The molecule has 5 aromatic rings. The van der Waals surface area contributed by atoms with Gasteiger partial charge in [-0.25, -0.2) is 24.1 Å². The fourth-order valence-electron chi connectivity index (χ4n) is 4.75. The maximum absolute atomic E-state index is 15.2. The monoisotopic (exact) mass is 555 g/mol. The molecule has 1 atom stereocenters. The topological polar surface area (TPSA) is 119 Å². The molecule has 0 bridgehead atoms. The number of ether oxygens (including phenoxy) is 3. The Balaban J connectivity index is 1.27. The first-order chi connectivity index (χ1) is 19.2. The average molecular weight is 556 g/mol. The van der Waals surface area contributed by atoms with E-state index in [4.69, 9.17) is 24.5 Å². The van der Waals surface area contributed by atoms with Gasteiger partial charge in [0.25, 0.3) is 0 Å². The quantitative estimate of drug-likeness (QED) is 0.273. The number of hydrogen-bond acceptors (Lipinski definition) is 9. The minimum Gasteiger partial charge on any atom is -0.480 e. The van der Waals surface area contributed by atoms with Crippen LogP contribution in [0.2, 0.25) is 0 Å². The van der Waals surface area contributed by atoms with Crippen LogP contribution in [0.15, 0.2) is 48.7 Å². The number of carbonyl (C=O) groups excluding carboxylic acids is 1. The van der Waals surface area contributed by atoms with Gasteiger partial charge < -0.3 is 14.2 Å².